The van der Waals surface area contributed by atoms with Crippen molar-refractivity contribution in [1.82, 2.24) is 9.97 Å². The second kappa shape index (κ2) is 8.25. The zero-order chi connectivity index (χ0) is 15.9. The van der Waals surface area contributed by atoms with Crippen LogP contribution in [0.3, 0.4) is 0 Å². The predicted octanol–water partition coefficient (Wildman–Crippen LogP) is 4.79. The van der Waals surface area contributed by atoms with Crippen molar-refractivity contribution in [3.05, 3.63) is 29.7 Å². The number of anilines is 1. The first kappa shape index (κ1) is 16.9. The van der Waals surface area contributed by atoms with E-state index in [0.29, 0.717) is 18.1 Å². The number of hydrogen-bond acceptors (Lipinski definition) is 4. The molecule has 0 unspecified atom stereocenters. The minimum Gasteiger partial charge on any atom is -0.301 e. The molecule has 0 bridgehead atoms. The third-order valence-electron chi connectivity index (χ3n) is 3.22. The summed E-state index contributed by atoms with van der Waals surface area (Å²) in [5.74, 6) is 0.110. The quantitative estimate of drug-likeness (QED) is 0.729. The van der Waals surface area contributed by atoms with Crippen LogP contribution in [-0.2, 0) is 4.79 Å². The number of carbonyl (C=O) groups is 1. The van der Waals surface area contributed by atoms with Crippen molar-refractivity contribution >= 4 is 33.8 Å². The van der Waals surface area contributed by atoms with Crippen molar-refractivity contribution in [3.8, 4) is 10.6 Å². The fourth-order valence-corrected chi connectivity index (χ4v) is 3.42. The Morgan fingerprint density at radius 2 is 2.18 bits per heavy atom. The average Bonchev–Trinajstić information content (AvgIpc) is 2.91. The van der Waals surface area contributed by atoms with Crippen molar-refractivity contribution in [2.45, 2.75) is 39.5 Å². The number of nitrogens with zero attached hydrogens (tertiary/aromatic N) is 3. The highest BCUT2D eigenvalue weighted by Gasteiger charge is 2.21. The molecular formula is C16H20ClN3OS. The molecule has 0 spiro atoms. The molecule has 0 aliphatic heterocycles. The molecule has 0 aliphatic carbocycles. The lowest BCUT2D eigenvalue weighted by Crippen LogP contribution is -2.31. The lowest BCUT2D eigenvalue weighted by atomic mass is 10.2. The van der Waals surface area contributed by atoms with Crippen molar-refractivity contribution in [2.75, 3.05) is 11.4 Å². The Labute approximate surface area is 140 Å². The maximum atomic E-state index is 12.4. The normalized spacial score (nSPS) is 10.7. The summed E-state index contributed by atoms with van der Waals surface area (Å²) in [4.78, 5) is 22.7. The molecule has 6 heteroatoms. The molecule has 0 N–H and O–H groups in total. The average molecular weight is 338 g/mol. The van der Waals surface area contributed by atoms with Gasteiger partial charge in [-0.25, -0.2) is 4.98 Å². The van der Waals surface area contributed by atoms with Gasteiger partial charge in [0.25, 0.3) is 0 Å². The van der Waals surface area contributed by atoms with Gasteiger partial charge in [0.1, 0.15) is 10.0 Å². The Hall–Kier alpha value is -1.46. The number of halogens is 1. The van der Waals surface area contributed by atoms with Crippen LogP contribution in [0.25, 0.3) is 10.6 Å². The molecule has 1 amide bonds. The molecule has 118 valence electrons. The summed E-state index contributed by atoms with van der Waals surface area (Å²) in [6.07, 6.45) is 6.81. The maximum Gasteiger partial charge on any atom is 0.227 e. The number of thiazole rings is 1. The topological polar surface area (TPSA) is 46.1 Å². The Bertz CT molecular complexity index is 615. The Balaban J connectivity index is 2.31. The van der Waals surface area contributed by atoms with Crippen molar-refractivity contribution in [1.29, 1.82) is 0 Å². The van der Waals surface area contributed by atoms with Crippen LogP contribution in [0.4, 0.5) is 5.00 Å². The van der Waals surface area contributed by atoms with Crippen LogP contribution in [-0.4, -0.2) is 22.4 Å². The molecule has 0 aromatic carbocycles. The third-order valence-corrected chi connectivity index (χ3v) is 4.73. The monoisotopic (exact) mass is 337 g/mol. The van der Waals surface area contributed by atoms with E-state index in [0.717, 1.165) is 34.8 Å². The number of hydrogen-bond donors (Lipinski definition) is 0. The van der Waals surface area contributed by atoms with E-state index in [4.69, 9.17) is 11.6 Å². The van der Waals surface area contributed by atoms with Crippen molar-refractivity contribution < 1.29 is 4.79 Å². The fraction of sp³-hybridized carbons (Fsp3) is 0.438. The van der Waals surface area contributed by atoms with Gasteiger partial charge in [-0.15, -0.1) is 0 Å². The third kappa shape index (κ3) is 4.05. The van der Waals surface area contributed by atoms with Gasteiger partial charge in [-0.05, 0) is 25.0 Å². The number of pyridine rings is 1. The molecule has 2 heterocycles. The zero-order valence-corrected chi connectivity index (χ0v) is 14.5. The van der Waals surface area contributed by atoms with Crippen LogP contribution in [0.1, 0.15) is 39.5 Å². The van der Waals surface area contributed by atoms with Gasteiger partial charge < -0.3 is 4.90 Å². The van der Waals surface area contributed by atoms with Gasteiger partial charge in [-0.2, -0.15) is 0 Å². The van der Waals surface area contributed by atoms with E-state index in [1.165, 1.54) is 11.3 Å². The van der Waals surface area contributed by atoms with Crippen LogP contribution in [0.5, 0.6) is 0 Å². The molecule has 2 rings (SSSR count). The molecule has 0 atom stereocenters. The van der Waals surface area contributed by atoms with Gasteiger partial charge in [0.2, 0.25) is 5.91 Å². The highest BCUT2D eigenvalue weighted by molar-refractivity contribution is 7.19. The summed E-state index contributed by atoms with van der Waals surface area (Å²) in [7, 11) is 0. The van der Waals surface area contributed by atoms with E-state index in [1.807, 2.05) is 19.1 Å². The van der Waals surface area contributed by atoms with Crippen LogP contribution in [0, 0.1) is 0 Å². The molecule has 0 fully saturated rings. The SMILES string of the molecule is CCCCN(C(=O)CCC)c1sc(-c2cccnc2)nc1Cl. The number of amides is 1. The lowest BCUT2D eigenvalue weighted by molar-refractivity contribution is -0.118. The molecular weight excluding hydrogens is 318 g/mol. The van der Waals surface area contributed by atoms with E-state index in [9.17, 15) is 4.79 Å². The number of carbonyl (C=O) groups excluding carboxylic acids is 1. The first-order valence-electron chi connectivity index (χ1n) is 7.54. The molecule has 2 aromatic heterocycles. The van der Waals surface area contributed by atoms with Gasteiger partial charge in [0.15, 0.2) is 5.15 Å². The summed E-state index contributed by atoms with van der Waals surface area (Å²) in [5, 5.41) is 1.93. The molecule has 2 aromatic rings. The molecule has 4 nitrogen and oxygen atoms in total. The zero-order valence-electron chi connectivity index (χ0n) is 12.9. The van der Waals surface area contributed by atoms with E-state index in [1.54, 1.807) is 17.3 Å². The number of rotatable bonds is 7. The largest absolute Gasteiger partial charge is 0.301 e. The smallest absolute Gasteiger partial charge is 0.227 e. The molecule has 22 heavy (non-hydrogen) atoms. The minimum absolute atomic E-state index is 0.110. The first-order chi connectivity index (χ1) is 10.7. The Morgan fingerprint density at radius 1 is 1.36 bits per heavy atom. The fourth-order valence-electron chi connectivity index (χ4n) is 2.08. The molecule has 0 aliphatic rings. The van der Waals surface area contributed by atoms with Crippen LogP contribution >= 0.6 is 22.9 Å². The van der Waals surface area contributed by atoms with Gasteiger partial charge >= 0.3 is 0 Å². The Morgan fingerprint density at radius 3 is 2.82 bits per heavy atom. The molecule has 0 radical (unpaired) electrons. The highest BCUT2D eigenvalue weighted by atomic mass is 35.5. The molecule has 0 saturated carbocycles. The van der Waals surface area contributed by atoms with E-state index < -0.39 is 0 Å². The second-order valence-electron chi connectivity index (χ2n) is 5.01. The minimum atomic E-state index is 0.110. The standard InChI is InChI=1S/C16H20ClN3OS/c1-3-5-10-20(13(21)7-4-2)16-14(17)19-15(22-16)12-8-6-9-18-11-12/h6,8-9,11H,3-5,7,10H2,1-2H3. The van der Waals surface area contributed by atoms with Crippen LogP contribution < -0.4 is 4.90 Å². The number of unbranched alkanes of at least 4 members (excludes halogenated alkanes) is 1. The van der Waals surface area contributed by atoms with Crippen LogP contribution in [0.2, 0.25) is 5.15 Å². The van der Waals surface area contributed by atoms with E-state index in [-0.39, 0.29) is 5.91 Å². The predicted molar refractivity (Wildman–Crippen MR) is 92.5 cm³/mol. The summed E-state index contributed by atoms with van der Waals surface area (Å²) in [5.41, 5.74) is 0.916. The van der Waals surface area contributed by atoms with Gasteiger partial charge in [0.05, 0.1) is 0 Å². The lowest BCUT2D eigenvalue weighted by Gasteiger charge is -2.20. The van der Waals surface area contributed by atoms with E-state index >= 15 is 0 Å². The van der Waals surface area contributed by atoms with Gasteiger partial charge in [0, 0.05) is 30.9 Å². The van der Waals surface area contributed by atoms with Crippen molar-refractivity contribution in [2.24, 2.45) is 0 Å². The van der Waals surface area contributed by atoms with Crippen LogP contribution in [0.15, 0.2) is 24.5 Å². The Kier molecular flexibility index (Phi) is 6.34. The maximum absolute atomic E-state index is 12.4. The first-order valence-corrected chi connectivity index (χ1v) is 8.73. The summed E-state index contributed by atoms with van der Waals surface area (Å²) in [6.45, 7) is 4.80. The second-order valence-corrected chi connectivity index (χ2v) is 6.34. The summed E-state index contributed by atoms with van der Waals surface area (Å²) < 4.78 is 0. The summed E-state index contributed by atoms with van der Waals surface area (Å²) >= 11 is 7.75. The van der Waals surface area contributed by atoms with Gasteiger partial charge in [-0.1, -0.05) is 43.2 Å². The summed E-state index contributed by atoms with van der Waals surface area (Å²) in [6, 6.07) is 3.80. The molecule has 0 saturated heterocycles. The highest BCUT2D eigenvalue weighted by Crippen LogP contribution is 2.37. The van der Waals surface area contributed by atoms with Crippen molar-refractivity contribution in [3.63, 3.8) is 0 Å². The number of aromatic nitrogens is 2. The van der Waals surface area contributed by atoms with Gasteiger partial charge in [-0.3, -0.25) is 9.78 Å². The van der Waals surface area contributed by atoms with E-state index in [2.05, 4.69) is 16.9 Å².